The third-order valence-electron chi connectivity index (χ3n) is 3.63. The monoisotopic (exact) mass is 168 g/mol. The Kier molecular flexibility index (Phi) is 2.37. The van der Waals surface area contributed by atoms with Crippen molar-refractivity contribution in [2.75, 3.05) is 13.1 Å². The Labute approximate surface area is 75.1 Å². The van der Waals surface area contributed by atoms with E-state index in [1.807, 2.05) is 0 Å². The van der Waals surface area contributed by atoms with Crippen molar-refractivity contribution in [2.45, 2.75) is 32.9 Å². The van der Waals surface area contributed by atoms with Gasteiger partial charge in [-0.1, -0.05) is 13.8 Å². The lowest BCUT2D eigenvalue weighted by Crippen LogP contribution is -2.58. The Balaban J connectivity index is 2.07. The molecule has 2 unspecified atom stereocenters. The molecular weight excluding hydrogens is 148 g/mol. The van der Waals surface area contributed by atoms with E-state index in [-0.39, 0.29) is 0 Å². The van der Waals surface area contributed by atoms with Gasteiger partial charge in [0.2, 0.25) is 0 Å². The van der Waals surface area contributed by atoms with Gasteiger partial charge in [-0.2, -0.15) is 0 Å². The zero-order valence-corrected chi connectivity index (χ0v) is 8.14. The molecule has 2 aliphatic rings. The van der Waals surface area contributed by atoms with Crippen LogP contribution in [0, 0.1) is 17.8 Å². The average Bonchev–Trinajstić information content (AvgIpc) is 2.04. The van der Waals surface area contributed by atoms with Crippen LogP contribution < -0.4 is 10.6 Å². The van der Waals surface area contributed by atoms with E-state index in [9.17, 15) is 0 Å². The molecule has 2 nitrogen and oxygen atoms in total. The largest absolute Gasteiger partial charge is 0.302 e. The number of rotatable bonds is 0. The van der Waals surface area contributed by atoms with Crippen molar-refractivity contribution >= 4 is 0 Å². The molecule has 2 heterocycles. The van der Waals surface area contributed by atoms with Crippen LogP contribution in [0.2, 0.25) is 0 Å². The van der Waals surface area contributed by atoms with E-state index >= 15 is 0 Å². The van der Waals surface area contributed by atoms with E-state index in [1.54, 1.807) is 0 Å². The normalized spacial score (nSPS) is 48.5. The number of hydrogen-bond acceptors (Lipinski definition) is 2. The summed E-state index contributed by atoms with van der Waals surface area (Å²) < 4.78 is 0. The molecule has 0 aromatic carbocycles. The van der Waals surface area contributed by atoms with Crippen LogP contribution in [-0.2, 0) is 0 Å². The molecule has 2 aliphatic heterocycles. The van der Waals surface area contributed by atoms with Crippen molar-refractivity contribution in [3.63, 3.8) is 0 Å². The second-order valence-corrected chi connectivity index (χ2v) is 4.50. The Morgan fingerprint density at radius 3 is 1.83 bits per heavy atom. The molecule has 0 amide bonds. The van der Waals surface area contributed by atoms with Crippen molar-refractivity contribution in [1.82, 2.24) is 10.6 Å². The van der Waals surface area contributed by atoms with E-state index in [4.69, 9.17) is 0 Å². The van der Waals surface area contributed by atoms with E-state index in [0.717, 1.165) is 17.8 Å². The van der Waals surface area contributed by atoms with Crippen LogP contribution in [0.3, 0.4) is 0 Å². The summed E-state index contributed by atoms with van der Waals surface area (Å²) in [5, 5.41) is 7.14. The smallest absolute Gasteiger partial charge is 0.0605 e. The molecule has 0 bridgehead atoms. The summed E-state index contributed by atoms with van der Waals surface area (Å²) in [6.07, 6.45) is 3.32. The lowest BCUT2D eigenvalue weighted by atomic mass is 9.74. The highest BCUT2D eigenvalue weighted by molar-refractivity contribution is 4.90. The first-order valence-electron chi connectivity index (χ1n) is 5.26. The summed E-state index contributed by atoms with van der Waals surface area (Å²) >= 11 is 0. The van der Waals surface area contributed by atoms with Crippen LogP contribution in [0.25, 0.3) is 0 Å². The van der Waals surface area contributed by atoms with Crippen LogP contribution in [0.15, 0.2) is 0 Å². The zero-order chi connectivity index (χ0) is 8.55. The summed E-state index contributed by atoms with van der Waals surface area (Å²) in [5.74, 6) is 2.67. The minimum Gasteiger partial charge on any atom is -0.302 e. The topological polar surface area (TPSA) is 24.1 Å². The average molecular weight is 168 g/mol. The van der Waals surface area contributed by atoms with Crippen molar-refractivity contribution in [1.29, 1.82) is 0 Å². The summed E-state index contributed by atoms with van der Waals surface area (Å²) in [6, 6.07) is 0. The van der Waals surface area contributed by atoms with Gasteiger partial charge in [0.05, 0.1) is 6.17 Å². The third kappa shape index (κ3) is 1.38. The van der Waals surface area contributed by atoms with Gasteiger partial charge < -0.3 is 10.6 Å². The fourth-order valence-electron chi connectivity index (χ4n) is 2.88. The molecule has 2 saturated heterocycles. The summed E-state index contributed by atoms with van der Waals surface area (Å²) in [5.41, 5.74) is 0. The van der Waals surface area contributed by atoms with Crippen molar-refractivity contribution in [3.05, 3.63) is 0 Å². The van der Waals surface area contributed by atoms with Crippen LogP contribution >= 0.6 is 0 Å². The quantitative estimate of drug-likeness (QED) is 0.567. The number of fused-ring (bicyclic) bond motifs is 1. The maximum atomic E-state index is 3.57. The van der Waals surface area contributed by atoms with E-state index in [1.165, 1.54) is 25.9 Å². The molecule has 70 valence electrons. The molecule has 2 atom stereocenters. The fraction of sp³-hybridized carbons (Fsp3) is 1.00. The van der Waals surface area contributed by atoms with Gasteiger partial charge in [0.15, 0.2) is 0 Å². The molecule has 0 aromatic rings. The minimum atomic E-state index is 0.609. The lowest BCUT2D eigenvalue weighted by molar-refractivity contribution is 0.0858. The Morgan fingerprint density at radius 2 is 1.42 bits per heavy atom. The Bertz CT molecular complexity index is 142. The predicted molar refractivity (Wildman–Crippen MR) is 50.8 cm³/mol. The van der Waals surface area contributed by atoms with Gasteiger partial charge in [-0.25, -0.2) is 0 Å². The molecule has 2 fully saturated rings. The highest BCUT2D eigenvalue weighted by atomic mass is 15.1. The van der Waals surface area contributed by atoms with Crippen LogP contribution in [0.1, 0.15) is 26.7 Å². The van der Waals surface area contributed by atoms with Gasteiger partial charge >= 0.3 is 0 Å². The summed E-state index contributed by atoms with van der Waals surface area (Å²) in [6.45, 7) is 7.20. The standard InChI is InChI=1S/C10H20N2/c1-7-3-5-11-10-9(7)8(2)4-6-12-10/h7-12H,3-6H2,1-2H3. The number of nitrogens with one attached hydrogen (secondary N) is 2. The maximum Gasteiger partial charge on any atom is 0.0605 e. The number of hydrogen-bond donors (Lipinski definition) is 2. The lowest BCUT2D eigenvalue weighted by Gasteiger charge is -2.44. The Hall–Kier alpha value is -0.0800. The molecule has 0 radical (unpaired) electrons. The molecule has 0 aromatic heterocycles. The zero-order valence-electron chi connectivity index (χ0n) is 8.14. The van der Waals surface area contributed by atoms with Gasteiger partial charge in [0.1, 0.15) is 0 Å². The first-order chi connectivity index (χ1) is 5.79. The molecular formula is C10H20N2. The molecule has 2 rings (SSSR count). The fourth-order valence-corrected chi connectivity index (χ4v) is 2.88. The highest BCUT2D eigenvalue weighted by Crippen LogP contribution is 2.32. The summed E-state index contributed by atoms with van der Waals surface area (Å²) in [7, 11) is 0. The third-order valence-corrected chi connectivity index (χ3v) is 3.63. The van der Waals surface area contributed by atoms with Gasteiger partial charge in [0.25, 0.3) is 0 Å². The van der Waals surface area contributed by atoms with Crippen LogP contribution in [-0.4, -0.2) is 19.3 Å². The van der Waals surface area contributed by atoms with Gasteiger partial charge in [-0.05, 0) is 43.7 Å². The predicted octanol–water partition coefficient (Wildman–Crippen LogP) is 1.19. The summed E-state index contributed by atoms with van der Waals surface area (Å²) in [4.78, 5) is 0. The van der Waals surface area contributed by atoms with Crippen LogP contribution in [0.4, 0.5) is 0 Å². The highest BCUT2D eigenvalue weighted by Gasteiger charge is 2.36. The molecule has 2 heteroatoms. The van der Waals surface area contributed by atoms with Gasteiger partial charge in [-0.3, -0.25) is 0 Å². The van der Waals surface area contributed by atoms with Crippen molar-refractivity contribution in [3.8, 4) is 0 Å². The van der Waals surface area contributed by atoms with E-state index < -0.39 is 0 Å². The van der Waals surface area contributed by atoms with Crippen molar-refractivity contribution < 1.29 is 0 Å². The molecule has 0 aliphatic carbocycles. The van der Waals surface area contributed by atoms with Crippen molar-refractivity contribution in [2.24, 2.45) is 17.8 Å². The molecule has 0 saturated carbocycles. The SMILES string of the molecule is CC1CCNC2NCCC(C)C12. The first-order valence-corrected chi connectivity index (χ1v) is 5.26. The minimum absolute atomic E-state index is 0.609. The second kappa shape index (κ2) is 3.35. The van der Waals surface area contributed by atoms with E-state index in [2.05, 4.69) is 24.5 Å². The number of piperidine rings is 2. The van der Waals surface area contributed by atoms with Gasteiger partial charge in [0, 0.05) is 0 Å². The van der Waals surface area contributed by atoms with Crippen LogP contribution in [0.5, 0.6) is 0 Å². The molecule has 12 heavy (non-hydrogen) atoms. The first kappa shape index (κ1) is 8.52. The maximum absolute atomic E-state index is 3.57. The Morgan fingerprint density at radius 1 is 0.917 bits per heavy atom. The molecule has 0 spiro atoms. The molecule has 2 N–H and O–H groups in total. The van der Waals surface area contributed by atoms with E-state index in [0.29, 0.717) is 6.17 Å². The second-order valence-electron chi connectivity index (χ2n) is 4.50. The van der Waals surface area contributed by atoms with Gasteiger partial charge in [-0.15, -0.1) is 0 Å².